The molecule has 1 saturated heterocycles. The number of nitrogens with two attached hydrogens (primary N) is 1. The fraction of sp³-hybridized carbons (Fsp3) is 0.519. The number of methoxy groups -OCH3 is 1. The van der Waals surface area contributed by atoms with Gasteiger partial charge in [-0.05, 0) is 80.3 Å². The molecule has 0 atom stereocenters. The van der Waals surface area contributed by atoms with E-state index in [1.54, 1.807) is 13.2 Å². The second kappa shape index (κ2) is 11.4. The van der Waals surface area contributed by atoms with Crippen LogP contribution in [0.15, 0.2) is 42.5 Å². The van der Waals surface area contributed by atoms with Gasteiger partial charge in [0.1, 0.15) is 12.4 Å². The number of halogens is 3. The van der Waals surface area contributed by atoms with Crippen LogP contribution in [0.1, 0.15) is 55.6 Å². The molecule has 2 aromatic rings. The highest BCUT2D eigenvalue weighted by molar-refractivity contribution is 5.77. The Balaban J connectivity index is 1.17. The molecule has 0 spiro atoms. The summed E-state index contributed by atoms with van der Waals surface area (Å²) in [5, 5.41) is 3.19. The van der Waals surface area contributed by atoms with Gasteiger partial charge in [-0.2, -0.15) is 13.2 Å². The second-order valence-corrected chi connectivity index (χ2v) is 9.66. The van der Waals surface area contributed by atoms with E-state index in [2.05, 4.69) is 17.4 Å². The number of likely N-dealkylation sites (tertiary alicyclic amines) is 1. The highest BCUT2D eigenvalue weighted by Gasteiger charge is 2.33. The number of alkyl halides is 3. The third-order valence-electron chi connectivity index (χ3n) is 7.28. The Morgan fingerprint density at radius 2 is 1.69 bits per heavy atom. The number of amides is 1. The van der Waals surface area contributed by atoms with Crippen molar-refractivity contribution in [2.45, 2.75) is 62.8 Å². The lowest BCUT2D eigenvalue weighted by Crippen LogP contribution is -2.41. The van der Waals surface area contributed by atoms with Crippen LogP contribution < -0.4 is 15.8 Å². The van der Waals surface area contributed by atoms with Crippen LogP contribution >= 0.6 is 0 Å². The maximum Gasteiger partial charge on any atom is 0.418 e. The molecule has 1 aliphatic heterocycles. The Bertz CT molecular complexity index is 1010. The van der Waals surface area contributed by atoms with Gasteiger partial charge in [-0.25, -0.2) is 0 Å². The summed E-state index contributed by atoms with van der Waals surface area (Å²) in [4.78, 5) is 14.6. The molecular weight excluding hydrogens is 471 g/mol. The number of anilines is 2. The molecule has 2 aliphatic rings. The van der Waals surface area contributed by atoms with Crippen molar-refractivity contribution in [1.29, 1.82) is 0 Å². The Labute approximate surface area is 209 Å². The van der Waals surface area contributed by atoms with Crippen molar-refractivity contribution in [3.63, 3.8) is 0 Å². The van der Waals surface area contributed by atoms with Gasteiger partial charge in [-0.1, -0.05) is 12.1 Å². The molecule has 0 radical (unpaired) electrons. The minimum absolute atomic E-state index is 0.0130. The minimum Gasteiger partial charge on any atom is -0.497 e. The average Bonchev–Trinajstić information content (AvgIpc) is 2.88. The van der Waals surface area contributed by atoms with Gasteiger partial charge in [0.05, 0.1) is 18.8 Å². The summed E-state index contributed by atoms with van der Waals surface area (Å²) in [6.45, 7) is 1.51. The molecule has 4 rings (SSSR count). The van der Waals surface area contributed by atoms with E-state index in [4.69, 9.17) is 15.2 Å². The highest BCUT2D eigenvalue weighted by Crippen LogP contribution is 2.36. The summed E-state index contributed by atoms with van der Waals surface area (Å²) in [5.41, 5.74) is 6.07. The number of piperidine rings is 1. The van der Waals surface area contributed by atoms with Gasteiger partial charge in [0.25, 0.3) is 0 Å². The van der Waals surface area contributed by atoms with Gasteiger partial charge in [-0.3, -0.25) is 4.79 Å². The van der Waals surface area contributed by atoms with E-state index in [0.717, 1.165) is 63.4 Å². The van der Waals surface area contributed by atoms with E-state index in [9.17, 15) is 18.0 Å². The van der Waals surface area contributed by atoms with E-state index in [1.807, 2.05) is 17.0 Å². The first-order valence-electron chi connectivity index (χ1n) is 12.5. The number of nitrogens with zero attached hydrogens (tertiary/aromatic N) is 1. The lowest BCUT2D eigenvalue weighted by atomic mass is 9.89. The van der Waals surface area contributed by atoms with Crippen molar-refractivity contribution in [2.24, 2.45) is 0 Å². The molecule has 9 heteroatoms. The van der Waals surface area contributed by atoms with Crippen LogP contribution in [0.25, 0.3) is 0 Å². The van der Waals surface area contributed by atoms with Crippen molar-refractivity contribution in [3.8, 4) is 5.75 Å². The fourth-order valence-corrected chi connectivity index (χ4v) is 5.12. The fourth-order valence-electron chi connectivity index (χ4n) is 5.12. The molecule has 1 saturated carbocycles. The largest absolute Gasteiger partial charge is 0.497 e. The van der Waals surface area contributed by atoms with Gasteiger partial charge in [0, 0.05) is 30.5 Å². The number of rotatable bonds is 7. The molecule has 1 amide bonds. The zero-order valence-corrected chi connectivity index (χ0v) is 20.5. The molecule has 3 N–H and O–H groups in total. The standard InChI is InChI=1S/C27H34F3N3O3/c1-35-22-7-2-18(3-8-22)19-12-14-33(15-13-19)26(34)17-36-23-9-4-20(5-10-23)32-21-6-11-25(31)24(16-21)27(28,29)30/h2-3,6-8,11,16,19-20,23,32H,4-5,9-10,12-15,17,31H2,1H3. The first-order chi connectivity index (χ1) is 17.2. The predicted octanol–water partition coefficient (Wildman–Crippen LogP) is 5.44. The topological polar surface area (TPSA) is 76.8 Å². The smallest absolute Gasteiger partial charge is 0.418 e. The van der Waals surface area contributed by atoms with Gasteiger partial charge >= 0.3 is 6.18 Å². The number of benzene rings is 2. The van der Waals surface area contributed by atoms with Crippen molar-refractivity contribution < 1.29 is 27.4 Å². The summed E-state index contributed by atoms with van der Waals surface area (Å²) in [6.07, 6.45) is 0.393. The Kier molecular flexibility index (Phi) is 8.28. The van der Waals surface area contributed by atoms with Crippen LogP contribution in [0.4, 0.5) is 24.5 Å². The van der Waals surface area contributed by atoms with Crippen LogP contribution in [0.5, 0.6) is 5.75 Å². The highest BCUT2D eigenvalue weighted by atomic mass is 19.4. The van der Waals surface area contributed by atoms with Crippen LogP contribution in [-0.2, 0) is 15.7 Å². The second-order valence-electron chi connectivity index (χ2n) is 9.66. The van der Waals surface area contributed by atoms with E-state index >= 15 is 0 Å². The zero-order chi connectivity index (χ0) is 25.7. The third kappa shape index (κ3) is 6.63. The number of hydrogen-bond acceptors (Lipinski definition) is 5. The first-order valence-corrected chi connectivity index (χ1v) is 12.5. The predicted molar refractivity (Wildman–Crippen MR) is 133 cm³/mol. The molecule has 6 nitrogen and oxygen atoms in total. The first kappa shape index (κ1) is 26.1. The van der Waals surface area contributed by atoms with E-state index in [1.165, 1.54) is 11.6 Å². The Morgan fingerprint density at radius 1 is 1.03 bits per heavy atom. The third-order valence-corrected chi connectivity index (χ3v) is 7.28. The number of ether oxygens (including phenoxy) is 2. The Morgan fingerprint density at radius 3 is 2.31 bits per heavy atom. The normalized spacial score (nSPS) is 21.3. The monoisotopic (exact) mass is 505 g/mol. The van der Waals surface area contributed by atoms with Gasteiger partial charge < -0.3 is 25.4 Å². The van der Waals surface area contributed by atoms with E-state index in [0.29, 0.717) is 11.6 Å². The van der Waals surface area contributed by atoms with Crippen molar-refractivity contribution in [1.82, 2.24) is 4.90 Å². The number of hydrogen-bond donors (Lipinski definition) is 2. The number of carbonyl (C=O) groups excluding carboxylic acids is 1. The summed E-state index contributed by atoms with van der Waals surface area (Å²) < 4.78 is 50.5. The van der Waals surface area contributed by atoms with Gasteiger partial charge in [-0.15, -0.1) is 0 Å². The van der Waals surface area contributed by atoms with Crippen LogP contribution in [-0.4, -0.2) is 49.8 Å². The molecule has 2 fully saturated rings. The molecular formula is C27H34F3N3O3. The van der Waals surface area contributed by atoms with Crippen LogP contribution in [0.2, 0.25) is 0 Å². The molecule has 2 aromatic carbocycles. The quantitative estimate of drug-likeness (QED) is 0.490. The van der Waals surface area contributed by atoms with Gasteiger partial charge in [0.2, 0.25) is 5.91 Å². The van der Waals surface area contributed by atoms with E-state index in [-0.39, 0.29) is 30.3 Å². The summed E-state index contributed by atoms with van der Waals surface area (Å²) in [6, 6.07) is 12.1. The molecule has 1 heterocycles. The average molecular weight is 506 g/mol. The number of carbonyl (C=O) groups is 1. The molecule has 0 aromatic heterocycles. The number of nitrogen functional groups attached to an aromatic ring is 1. The lowest BCUT2D eigenvalue weighted by molar-refractivity contribution is -0.140. The van der Waals surface area contributed by atoms with E-state index < -0.39 is 11.7 Å². The molecule has 0 bridgehead atoms. The van der Waals surface area contributed by atoms with Crippen LogP contribution in [0.3, 0.4) is 0 Å². The number of nitrogens with one attached hydrogen (secondary N) is 1. The summed E-state index contributed by atoms with van der Waals surface area (Å²) in [5.74, 6) is 1.30. The summed E-state index contributed by atoms with van der Waals surface area (Å²) >= 11 is 0. The minimum atomic E-state index is -4.48. The SMILES string of the molecule is COc1ccc(C2CCN(C(=O)COC3CCC(Nc4ccc(N)c(C(F)(F)F)c4)CC3)CC2)cc1. The van der Waals surface area contributed by atoms with Gasteiger partial charge in [0.15, 0.2) is 0 Å². The zero-order valence-electron chi connectivity index (χ0n) is 20.5. The molecule has 196 valence electrons. The van der Waals surface area contributed by atoms with Crippen molar-refractivity contribution in [2.75, 3.05) is 37.9 Å². The lowest BCUT2D eigenvalue weighted by Gasteiger charge is -2.33. The molecule has 36 heavy (non-hydrogen) atoms. The maximum atomic E-state index is 13.1. The maximum absolute atomic E-state index is 13.1. The summed E-state index contributed by atoms with van der Waals surface area (Å²) in [7, 11) is 1.65. The molecule has 0 unspecified atom stereocenters. The van der Waals surface area contributed by atoms with Crippen molar-refractivity contribution in [3.05, 3.63) is 53.6 Å². The Hall–Kier alpha value is -2.94. The van der Waals surface area contributed by atoms with Crippen LogP contribution in [0, 0.1) is 0 Å². The van der Waals surface area contributed by atoms with Crippen molar-refractivity contribution >= 4 is 17.3 Å². The molecule has 1 aliphatic carbocycles.